The second-order valence-corrected chi connectivity index (χ2v) is 3.19. The molecule has 2 rings (SSSR count). The summed E-state index contributed by atoms with van der Waals surface area (Å²) in [5, 5.41) is 3.79. The minimum atomic E-state index is -2.76. The molecule has 1 saturated carbocycles. The molecule has 0 saturated heterocycles. The molecule has 66 valence electrons. The van der Waals surface area contributed by atoms with Gasteiger partial charge >= 0.3 is 0 Å². The minimum Gasteiger partial charge on any atom is -0.315 e. The summed E-state index contributed by atoms with van der Waals surface area (Å²) in [4.78, 5) is 0. The van der Waals surface area contributed by atoms with E-state index in [4.69, 9.17) is 5.73 Å². The van der Waals surface area contributed by atoms with Gasteiger partial charge < -0.3 is 5.73 Å². The second kappa shape index (κ2) is 1.85. The van der Waals surface area contributed by atoms with Crippen LogP contribution in [0.15, 0.2) is 12.3 Å². The average molecular weight is 173 g/mol. The van der Waals surface area contributed by atoms with Crippen LogP contribution in [-0.4, -0.2) is 15.7 Å². The Morgan fingerprint density at radius 1 is 1.67 bits per heavy atom. The van der Waals surface area contributed by atoms with Crippen LogP contribution in [-0.2, 0) is 12.6 Å². The zero-order valence-electron chi connectivity index (χ0n) is 6.59. The first-order chi connectivity index (χ1) is 5.47. The Morgan fingerprint density at radius 2 is 2.25 bits per heavy atom. The van der Waals surface area contributed by atoms with Gasteiger partial charge in [-0.3, -0.25) is 4.68 Å². The average Bonchev–Trinajstić information content (AvgIpc) is 2.36. The highest BCUT2D eigenvalue weighted by Gasteiger charge is 2.71. The third-order valence-corrected chi connectivity index (χ3v) is 2.31. The van der Waals surface area contributed by atoms with Crippen LogP contribution in [0.3, 0.4) is 0 Å². The maximum Gasteiger partial charge on any atom is 0.273 e. The number of hydrogen-bond donors (Lipinski definition) is 1. The molecule has 0 aromatic carbocycles. The third kappa shape index (κ3) is 0.741. The van der Waals surface area contributed by atoms with Crippen molar-refractivity contribution in [3.8, 4) is 0 Å². The molecule has 0 aliphatic heterocycles. The van der Waals surface area contributed by atoms with Crippen molar-refractivity contribution < 1.29 is 8.78 Å². The number of hydrogen-bond acceptors (Lipinski definition) is 2. The van der Waals surface area contributed by atoms with Crippen molar-refractivity contribution in [3.63, 3.8) is 0 Å². The lowest BCUT2D eigenvalue weighted by Crippen LogP contribution is -2.29. The summed E-state index contributed by atoms with van der Waals surface area (Å²) in [6, 6.07) is 1.53. The highest BCUT2D eigenvalue weighted by atomic mass is 19.3. The minimum absolute atomic E-state index is 0.278. The molecule has 1 aliphatic rings. The fourth-order valence-corrected chi connectivity index (χ4v) is 1.40. The van der Waals surface area contributed by atoms with Gasteiger partial charge in [0.15, 0.2) is 0 Å². The third-order valence-electron chi connectivity index (χ3n) is 2.31. The molecular formula is C7H9F2N3. The Hall–Kier alpha value is -0.970. The lowest BCUT2D eigenvalue weighted by atomic mass is 10.2. The first kappa shape index (κ1) is 7.67. The number of nitrogens with two attached hydrogens (primary N) is 1. The van der Waals surface area contributed by atoms with Gasteiger partial charge in [0.05, 0.1) is 5.69 Å². The Kier molecular flexibility index (Phi) is 1.18. The SMILES string of the molecule is Cn1nccc1C1(N)CC1(F)F. The van der Waals surface area contributed by atoms with Crippen LogP contribution < -0.4 is 5.73 Å². The van der Waals surface area contributed by atoms with Crippen molar-refractivity contribution in [2.45, 2.75) is 17.9 Å². The Bertz CT molecular complexity index is 320. The highest BCUT2D eigenvalue weighted by Crippen LogP contribution is 2.57. The molecule has 1 heterocycles. The van der Waals surface area contributed by atoms with E-state index >= 15 is 0 Å². The topological polar surface area (TPSA) is 43.8 Å². The van der Waals surface area contributed by atoms with E-state index in [1.54, 1.807) is 7.05 Å². The van der Waals surface area contributed by atoms with Crippen molar-refractivity contribution >= 4 is 0 Å². The van der Waals surface area contributed by atoms with Crippen LogP contribution >= 0.6 is 0 Å². The van der Waals surface area contributed by atoms with Crippen LogP contribution in [0.4, 0.5) is 8.78 Å². The van der Waals surface area contributed by atoms with Crippen LogP contribution in [0.2, 0.25) is 0 Å². The van der Waals surface area contributed by atoms with E-state index in [9.17, 15) is 8.78 Å². The van der Waals surface area contributed by atoms with Gasteiger partial charge in [-0.1, -0.05) is 0 Å². The molecule has 0 amide bonds. The van der Waals surface area contributed by atoms with Gasteiger partial charge in [-0.2, -0.15) is 5.10 Å². The van der Waals surface area contributed by atoms with Crippen molar-refractivity contribution in [1.82, 2.24) is 9.78 Å². The maximum absolute atomic E-state index is 12.8. The number of aryl methyl sites for hydroxylation is 1. The molecule has 0 bridgehead atoms. The standard InChI is InChI=1S/C7H9F2N3/c1-12-5(2-3-11-12)6(10)4-7(6,8)9/h2-3H,4,10H2,1H3. The van der Waals surface area contributed by atoms with Crippen molar-refractivity contribution in [2.24, 2.45) is 12.8 Å². The molecule has 0 spiro atoms. The molecule has 1 aliphatic carbocycles. The van der Waals surface area contributed by atoms with Gasteiger partial charge in [0, 0.05) is 19.7 Å². The normalized spacial score (nSPS) is 32.0. The Labute approximate surface area is 68.2 Å². The van der Waals surface area contributed by atoms with Crippen LogP contribution in [0.1, 0.15) is 12.1 Å². The second-order valence-electron chi connectivity index (χ2n) is 3.19. The van der Waals surface area contributed by atoms with Crippen molar-refractivity contribution in [2.75, 3.05) is 0 Å². The Balaban J connectivity index is 2.40. The highest BCUT2D eigenvalue weighted by molar-refractivity contribution is 5.30. The van der Waals surface area contributed by atoms with Crippen molar-refractivity contribution in [3.05, 3.63) is 18.0 Å². The number of aromatic nitrogens is 2. The van der Waals surface area contributed by atoms with Gasteiger partial charge in [-0.15, -0.1) is 0 Å². The number of rotatable bonds is 1. The fraction of sp³-hybridized carbons (Fsp3) is 0.571. The first-order valence-corrected chi connectivity index (χ1v) is 3.62. The predicted molar refractivity (Wildman–Crippen MR) is 38.6 cm³/mol. The monoisotopic (exact) mass is 173 g/mol. The fourth-order valence-electron chi connectivity index (χ4n) is 1.40. The van der Waals surface area contributed by atoms with Gasteiger partial charge in [0.2, 0.25) is 0 Å². The quantitative estimate of drug-likeness (QED) is 0.676. The molecule has 1 fully saturated rings. The lowest BCUT2D eigenvalue weighted by molar-refractivity contribution is 0.0871. The summed E-state index contributed by atoms with van der Waals surface area (Å²) in [6.45, 7) is 0. The summed E-state index contributed by atoms with van der Waals surface area (Å²) in [5.74, 6) is -2.76. The van der Waals surface area contributed by atoms with Crippen LogP contribution in [0.5, 0.6) is 0 Å². The van der Waals surface area contributed by atoms with E-state index in [0.29, 0.717) is 5.69 Å². The number of halogens is 2. The molecule has 5 heteroatoms. The first-order valence-electron chi connectivity index (χ1n) is 3.62. The zero-order valence-corrected chi connectivity index (χ0v) is 6.59. The summed E-state index contributed by atoms with van der Waals surface area (Å²) >= 11 is 0. The van der Waals surface area contributed by atoms with E-state index in [2.05, 4.69) is 5.10 Å². The lowest BCUT2D eigenvalue weighted by Gasteiger charge is -2.09. The van der Waals surface area contributed by atoms with E-state index in [1.807, 2.05) is 0 Å². The molecule has 3 nitrogen and oxygen atoms in total. The molecular weight excluding hydrogens is 164 g/mol. The van der Waals surface area contributed by atoms with E-state index in [1.165, 1.54) is 16.9 Å². The predicted octanol–water partition coefficient (Wildman–Crippen LogP) is 0.613. The maximum atomic E-state index is 12.8. The van der Waals surface area contributed by atoms with Gasteiger partial charge in [-0.25, -0.2) is 8.78 Å². The van der Waals surface area contributed by atoms with Crippen LogP contribution in [0.25, 0.3) is 0 Å². The molecule has 0 radical (unpaired) electrons. The van der Waals surface area contributed by atoms with E-state index in [-0.39, 0.29) is 6.42 Å². The smallest absolute Gasteiger partial charge is 0.273 e. The molecule has 1 aromatic rings. The molecule has 1 aromatic heterocycles. The van der Waals surface area contributed by atoms with Crippen molar-refractivity contribution in [1.29, 1.82) is 0 Å². The van der Waals surface area contributed by atoms with E-state index < -0.39 is 11.5 Å². The summed E-state index contributed by atoms with van der Waals surface area (Å²) in [5.41, 5.74) is 4.40. The number of alkyl halides is 2. The van der Waals surface area contributed by atoms with Crippen LogP contribution in [0, 0.1) is 0 Å². The molecule has 1 unspecified atom stereocenters. The zero-order chi connectivity index (χ0) is 8.98. The summed E-state index contributed by atoms with van der Waals surface area (Å²) < 4.78 is 26.9. The number of nitrogens with zero attached hydrogens (tertiary/aromatic N) is 2. The Morgan fingerprint density at radius 3 is 2.58 bits per heavy atom. The molecule has 12 heavy (non-hydrogen) atoms. The molecule has 2 N–H and O–H groups in total. The van der Waals surface area contributed by atoms with Gasteiger partial charge in [0.25, 0.3) is 5.92 Å². The summed E-state index contributed by atoms with van der Waals surface area (Å²) in [7, 11) is 1.61. The molecule has 1 atom stereocenters. The van der Waals surface area contributed by atoms with Gasteiger partial charge in [0.1, 0.15) is 5.54 Å². The van der Waals surface area contributed by atoms with Gasteiger partial charge in [-0.05, 0) is 6.07 Å². The van der Waals surface area contributed by atoms with E-state index in [0.717, 1.165) is 0 Å². The largest absolute Gasteiger partial charge is 0.315 e. The summed E-state index contributed by atoms with van der Waals surface area (Å²) in [6.07, 6.45) is 1.19.